The molecule has 2 aliphatic rings. The third kappa shape index (κ3) is 4.78. The molecule has 0 amide bonds. The molecule has 0 aromatic carbocycles. The summed E-state index contributed by atoms with van der Waals surface area (Å²) in [6.07, 6.45) is 21.8. The van der Waals surface area contributed by atoms with Crippen molar-refractivity contribution >= 4 is 5.52 Å². The standard InChI is InChI=1S/C25H39N3/c1-19-9-6-12-22(13-7-10-19)25-24-16-23(17-28(24)27-18-26-25)21-11-5-3-4-8-20(2)14-15-21/h16-22H,3-15H2,1-2H3. The van der Waals surface area contributed by atoms with Gasteiger partial charge < -0.3 is 0 Å². The zero-order valence-electron chi connectivity index (χ0n) is 18.1. The molecule has 2 heterocycles. The van der Waals surface area contributed by atoms with Gasteiger partial charge in [-0.05, 0) is 55.1 Å². The second-order valence-corrected chi connectivity index (χ2v) is 9.93. The number of aromatic nitrogens is 3. The maximum absolute atomic E-state index is 4.81. The molecule has 0 spiro atoms. The molecular weight excluding hydrogens is 342 g/mol. The lowest BCUT2D eigenvalue weighted by molar-refractivity contribution is 0.375. The Bertz CT molecular complexity index is 739. The molecule has 4 rings (SSSR count). The monoisotopic (exact) mass is 381 g/mol. The van der Waals surface area contributed by atoms with Gasteiger partial charge >= 0.3 is 0 Å². The lowest BCUT2D eigenvalue weighted by atomic mass is 9.84. The highest BCUT2D eigenvalue weighted by Gasteiger charge is 2.22. The molecule has 3 nitrogen and oxygen atoms in total. The predicted molar refractivity (Wildman–Crippen MR) is 117 cm³/mol. The Labute approximate surface area is 171 Å². The van der Waals surface area contributed by atoms with Crippen molar-refractivity contribution < 1.29 is 0 Å². The first-order valence-corrected chi connectivity index (χ1v) is 12.0. The van der Waals surface area contributed by atoms with Gasteiger partial charge in [-0.25, -0.2) is 9.50 Å². The molecule has 2 aliphatic carbocycles. The van der Waals surface area contributed by atoms with E-state index < -0.39 is 0 Å². The van der Waals surface area contributed by atoms with E-state index in [1.807, 2.05) is 0 Å². The van der Waals surface area contributed by atoms with Crippen molar-refractivity contribution in [2.75, 3.05) is 0 Å². The predicted octanol–water partition coefficient (Wildman–Crippen LogP) is 7.27. The summed E-state index contributed by atoms with van der Waals surface area (Å²) >= 11 is 0. The number of hydrogen-bond donors (Lipinski definition) is 0. The smallest absolute Gasteiger partial charge is 0.136 e. The molecule has 2 unspecified atom stereocenters. The Morgan fingerprint density at radius 3 is 2.25 bits per heavy atom. The van der Waals surface area contributed by atoms with Crippen LogP contribution in [-0.4, -0.2) is 14.6 Å². The van der Waals surface area contributed by atoms with E-state index in [0.717, 1.165) is 11.8 Å². The molecule has 0 bridgehead atoms. The van der Waals surface area contributed by atoms with Crippen LogP contribution in [0, 0.1) is 11.8 Å². The fourth-order valence-electron chi connectivity index (χ4n) is 5.66. The van der Waals surface area contributed by atoms with Crippen molar-refractivity contribution in [3.05, 3.63) is 29.8 Å². The summed E-state index contributed by atoms with van der Waals surface area (Å²) in [4.78, 5) is 4.81. The first kappa shape index (κ1) is 19.9. The Balaban J connectivity index is 1.57. The quantitative estimate of drug-likeness (QED) is 0.547. The van der Waals surface area contributed by atoms with E-state index in [2.05, 4.69) is 35.7 Å². The maximum atomic E-state index is 4.81. The van der Waals surface area contributed by atoms with E-state index in [4.69, 9.17) is 4.98 Å². The normalized spacial score (nSPS) is 30.8. The van der Waals surface area contributed by atoms with Crippen LogP contribution in [0.5, 0.6) is 0 Å². The van der Waals surface area contributed by atoms with Crippen molar-refractivity contribution in [3.63, 3.8) is 0 Å². The molecule has 2 atom stereocenters. The molecule has 0 aliphatic heterocycles. The first-order chi connectivity index (χ1) is 13.7. The van der Waals surface area contributed by atoms with Crippen LogP contribution < -0.4 is 0 Å². The van der Waals surface area contributed by atoms with Crippen LogP contribution in [0.4, 0.5) is 0 Å². The number of rotatable bonds is 2. The molecule has 2 fully saturated rings. The third-order valence-electron chi connectivity index (χ3n) is 7.57. The Morgan fingerprint density at radius 2 is 1.43 bits per heavy atom. The van der Waals surface area contributed by atoms with Gasteiger partial charge in [-0.3, -0.25) is 0 Å². The second kappa shape index (κ2) is 9.41. The second-order valence-electron chi connectivity index (χ2n) is 9.93. The molecule has 28 heavy (non-hydrogen) atoms. The van der Waals surface area contributed by atoms with Crippen LogP contribution in [0.1, 0.15) is 120 Å². The summed E-state index contributed by atoms with van der Waals surface area (Å²) in [5.74, 6) is 3.09. The summed E-state index contributed by atoms with van der Waals surface area (Å²) in [7, 11) is 0. The van der Waals surface area contributed by atoms with Gasteiger partial charge in [-0.2, -0.15) is 5.10 Å². The van der Waals surface area contributed by atoms with E-state index in [1.165, 1.54) is 100 Å². The highest BCUT2D eigenvalue weighted by atomic mass is 15.2. The van der Waals surface area contributed by atoms with Gasteiger partial charge in [0, 0.05) is 12.1 Å². The van der Waals surface area contributed by atoms with Gasteiger partial charge in [0.15, 0.2) is 0 Å². The van der Waals surface area contributed by atoms with E-state index in [-0.39, 0.29) is 0 Å². The number of hydrogen-bond acceptors (Lipinski definition) is 2. The average molecular weight is 382 g/mol. The zero-order chi connectivity index (χ0) is 19.3. The van der Waals surface area contributed by atoms with Crippen LogP contribution in [0.25, 0.3) is 5.52 Å². The zero-order valence-corrected chi connectivity index (χ0v) is 18.1. The van der Waals surface area contributed by atoms with Gasteiger partial charge in [-0.1, -0.05) is 71.6 Å². The minimum absolute atomic E-state index is 0.612. The molecule has 0 N–H and O–H groups in total. The van der Waals surface area contributed by atoms with Gasteiger partial charge in [-0.15, -0.1) is 0 Å². The Hall–Kier alpha value is -1.38. The molecule has 2 saturated carbocycles. The minimum atomic E-state index is 0.612. The summed E-state index contributed by atoms with van der Waals surface area (Å²) < 4.78 is 2.13. The van der Waals surface area contributed by atoms with Crippen molar-refractivity contribution in [1.82, 2.24) is 14.6 Å². The summed E-state index contributed by atoms with van der Waals surface area (Å²) in [6.45, 7) is 4.86. The molecule has 2 aromatic heterocycles. The van der Waals surface area contributed by atoms with Gasteiger partial charge in [0.2, 0.25) is 0 Å². The van der Waals surface area contributed by atoms with Crippen LogP contribution >= 0.6 is 0 Å². The van der Waals surface area contributed by atoms with Crippen LogP contribution in [0.3, 0.4) is 0 Å². The van der Waals surface area contributed by atoms with Crippen molar-refractivity contribution in [1.29, 1.82) is 0 Å². The van der Waals surface area contributed by atoms with Crippen molar-refractivity contribution in [3.8, 4) is 0 Å². The molecular formula is C25H39N3. The topological polar surface area (TPSA) is 30.2 Å². The summed E-state index contributed by atoms with van der Waals surface area (Å²) in [5, 5.41) is 4.59. The molecule has 2 aromatic rings. The third-order valence-corrected chi connectivity index (χ3v) is 7.57. The lowest BCUT2D eigenvalue weighted by Crippen LogP contribution is -2.09. The van der Waals surface area contributed by atoms with Crippen LogP contribution in [-0.2, 0) is 0 Å². The van der Waals surface area contributed by atoms with Crippen LogP contribution in [0.2, 0.25) is 0 Å². The summed E-state index contributed by atoms with van der Waals surface area (Å²) in [5.41, 5.74) is 4.10. The molecule has 3 heteroatoms. The number of nitrogens with zero attached hydrogens (tertiary/aromatic N) is 3. The van der Waals surface area contributed by atoms with Crippen molar-refractivity contribution in [2.45, 2.75) is 109 Å². The molecule has 154 valence electrons. The SMILES string of the molecule is CC1CCCC(c2ncnn3cc(C4CCCCCC(C)CC4)cc23)CCC1. The first-order valence-electron chi connectivity index (χ1n) is 12.0. The highest BCUT2D eigenvalue weighted by molar-refractivity contribution is 5.55. The van der Waals surface area contributed by atoms with Gasteiger partial charge in [0.05, 0.1) is 11.2 Å². The fourth-order valence-corrected chi connectivity index (χ4v) is 5.66. The average Bonchev–Trinajstić information content (AvgIpc) is 3.13. The summed E-state index contributed by atoms with van der Waals surface area (Å²) in [6, 6.07) is 2.45. The van der Waals surface area contributed by atoms with Gasteiger partial charge in [0.1, 0.15) is 6.33 Å². The Morgan fingerprint density at radius 1 is 0.750 bits per heavy atom. The largest absolute Gasteiger partial charge is 0.237 e. The van der Waals surface area contributed by atoms with Gasteiger partial charge in [0.25, 0.3) is 0 Å². The van der Waals surface area contributed by atoms with E-state index in [9.17, 15) is 0 Å². The maximum Gasteiger partial charge on any atom is 0.136 e. The molecule has 0 saturated heterocycles. The molecule has 0 radical (unpaired) electrons. The van der Waals surface area contributed by atoms with Crippen LogP contribution in [0.15, 0.2) is 18.6 Å². The van der Waals surface area contributed by atoms with Crippen molar-refractivity contribution in [2.24, 2.45) is 11.8 Å². The number of fused-ring (bicyclic) bond motifs is 1. The van der Waals surface area contributed by atoms with E-state index in [0.29, 0.717) is 11.8 Å². The lowest BCUT2D eigenvalue weighted by Gasteiger charge is -2.22. The fraction of sp³-hybridized carbons (Fsp3) is 0.760. The Kier molecular flexibility index (Phi) is 6.69. The van der Waals surface area contributed by atoms with E-state index in [1.54, 1.807) is 6.33 Å². The van der Waals surface area contributed by atoms with E-state index >= 15 is 0 Å². The highest BCUT2D eigenvalue weighted by Crippen LogP contribution is 2.36. The minimum Gasteiger partial charge on any atom is -0.237 e.